The lowest BCUT2D eigenvalue weighted by atomic mass is 9.95. The zero-order chi connectivity index (χ0) is 22.8. The first kappa shape index (κ1) is 21.7. The second kappa shape index (κ2) is 8.89. The third-order valence-corrected chi connectivity index (χ3v) is 5.83. The molecule has 0 saturated carbocycles. The van der Waals surface area contributed by atoms with Crippen molar-refractivity contribution >= 4 is 34.7 Å². The molecule has 0 radical (unpaired) electrons. The van der Waals surface area contributed by atoms with Crippen molar-refractivity contribution in [1.82, 2.24) is 4.90 Å². The Morgan fingerprint density at radius 2 is 1.56 bits per heavy atom. The molecule has 5 nitrogen and oxygen atoms in total. The van der Waals surface area contributed by atoms with Crippen LogP contribution >= 0.6 is 11.6 Å². The van der Waals surface area contributed by atoms with Gasteiger partial charge in [0.1, 0.15) is 5.76 Å². The number of likely N-dealkylation sites (tertiary alicyclic amines) is 1. The maximum atomic E-state index is 13.1. The van der Waals surface area contributed by atoms with Gasteiger partial charge in [-0.25, -0.2) is 0 Å². The lowest BCUT2D eigenvalue weighted by Gasteiger charge is -2.26. The van der Waals surface area contributed by atoms with E-state index in [1.807, 2.05) is 73.6 Å². The molecular formula is C26H23ClN2O3. The molecule has 1 heterocycles. The SMILES string of the molecule is CN(C)c1ccc(C2C(=C(O)c3ccc(Cl)cc3)C(=O)C(=O)N2Cc2ccccc2)cc1. The van der Waals surface area contributed by atoms with E-state index in [0.717, 1.165) is 16.8 Å². The first-order valence-electron chi connectivity index (χ1n) is 10.2. The highest BCUT2D eigenvalue weighted by Crippen LogP contribution is 2.40. The van der Waals surface area contributed by atoms with Gasteiger partial charge in [0.25, 0.3) is 11.7 Å². The maximum absolute atomic E-state index is 13.1. The van der Waals surface area contributed by atoms with Crippen molar-refractivity contribution in [2.75, 3.05) is 19.0 Å². The van der Waals surface area contributed by atoms with Crippen LogP contribution in [0.4, 0.5) is 5.69 Å². The van der Waals surface area contributed by atoms with E-state index in [-0.39, 0.29) is 17.9 Å². The number of hydrogen-bond donors (Lipinski definition) is 1. The molecule has 0 aliphatic carbocycles. The average molecular weight is 447 g/mol. The van der Waals surface area contributed by atoms with E-state index < -0.39 is 17.7 Å². The Morgan fingerprint density at radius 1 is 0.938 bits per heavy atom. The summed E-state index contributed by atoms with van der Waals surface area (Å²) in [4.78, 5) is 29.7. The maximum Gasteiger partial charge on any atom is 0.295 e. The number of anilines is 1. The normalized spacial score (nSPS) is 17.6. The van der Waals surface area contributed by atoms with Crippen LogP contribution in [0.15, 0.2) is 84.4 Å². The molecule has 1 aliphatic rings. The Bertz CT molecular complexity index is 1170. The van der Waals surface area contributed by atoms with E-state index in [4.69, 9.17) is 11.6 Å². The van der Waals surface area contributed by atoms with Gasteiger partial charge in [0.15, 0.2) is 0 Å². The number of carbonyl (C=O) groups is 2. The quantitative estimate of drug-likeness (QED) is 0.339. The number of Topliss-reactive ketones (excluding diaryl/α,β-unsaturated/α-hetero) is 1. The number of rotatable bonds is 5. The van der Waals surface area contributed by atoms with Crippen LogP contribution < -0.4 is 4.90 Å². The van der Waals surface area contributed by atoms with Gasteiger partial charge in [0, 0.05) is 36.9 Å². The summed E-state index contributed by atoms with van der Waals surface area (Å²) in [6.45, 7) is 0.253. The minimum absolute atomic E-state index is 0.0749. The van der Waals surface area contributed by atoms with Crippen molar-refractivity contribution in [1.29, 1.82) is 0 Å². The molecule has 1 aliphatic heterocycles. The lowest BCUT2D eigenvalue weighted by Crippen LogP contribution is -2.29. The molecule has 1 amide bonds. The molecule has 162 valence electrons. The Hall–Kier alpha value is -3.57. The number of ketones is 1. The standard InChI is InChI=1S/C26H23ClN2O3/c1-28(2)21-14-10-18(11-15-21)23-22(24(30)19-8-12-20(27)13-9-19)25(31)26(32)29(23)16-17-6-4-3-5-7-17/h3-15,23,30H,16H2,1-2H3. The summed E-state index contributed by atoms with van der Waals surface area (Å²) in [5.41, 5.74) is 3.15. The van der Waals surface area contributed by atoms with Gasteiger partial charge >= 0.3 is 0 Å². The van der Waals surface area contributed by atoms with Gasteiger partial charge in [-0.1, -0.05) is 54.1 Å². The second-order valence-corrected chi connectivity index (χ2v) is 8.34. The highest BCUT2D eigenvalue weighted by Gasteiger charge is 2.46. The van der Waals surface area contributed by atoms with E-state index in [9.17, 15) is 14.7 Å². The van der Waals surface area contributed by atoms with Gasteiger partial charge in [-0.2, -0.15) is 0 Å². The summed E-state index contributed by atoms with van der Waals surface area (Å²) in [5.74, 6) is -1.54. The highest BCUT2D eigenvalue weighted by molar-refractivity contribution is 6.46. The highest BCUT2D eigenvalue weighted by atomic mass is 35.5. The smallest absolute Gasteiger partial charge is 0.295 e. The topological polar surface area (TPSA) is 60.9 Å². The van der Waals surface area contributed by atoms with Crippen molar-refractivity contribution in [3.8, 4) is 0 Å². The monoisotopic (exact) mass is 446 g/mol. The predicted molar refractivity (Wildman–Crippen MR) is 127 cm³/mol. The summed E-state index contributed by atoms with van der Waals surface area (Å²) in [5, 5.41) is 11.6. The minimum Gasteiger partial charge on any atom is -0.507 e. The van der Waals surface area contributed by atoms with Gasteiger partial charge in [0.05, 0.1) is 11.6 Å². The average Bonchev–Trinajstić information content (AvgIpc) is 3.05. The molecule has 3 aromatic carbocycles. The molecule has 0 bridgehead atoms. The summed E-state index contributed by atoms with van der Waals surface area (Å²) < 4.78 is 0. The molecular weight excluding hydrogens is 424 g/mol. The van der Waals surface area contributed by atoms with Gasteiger partial charge in [-0.3, -0.25) is 9.59 Å². The first-order chi connectivity index (χ1) is 15.4. The zero-order valence-corrected chi connectivity index (χ0v) is 18.6. The number of carbonyl (C=O) groups excluding carboxylic acids is 2. The third kappa shape index (κ3) is 4.12. The van der Waals surface area contributed by atoms with Crippen LogP contribution in [0.5, 0.6) is 0 Å². The number of aliphatic hydroxyl groups excluding tert-OH is 1. The zero-order valence-electron chi connectivity index (χ0n) is 17.8. The van der Waals surface area contributed by atoms with Crippen molar-refractivity contribution in [2.45, 2.75) is 12.6 Å². The number of nitrogens with zero attached hydrogens (tertiary/aromatic N) is 2. The minimum atomic E-state index is -0.706. The van der Waals surface area contributed by atoms with Gasteiger partial charge < -0.3 is 14.9 Å². The fraction of sp³-hybridized carbons (Fsp3) is 0.154. The van der Waals surface area contributed by atoms with Crippen LogP contribution in [0.2, 0.25) is 5.02 Å². The van der Waals surface area contributed by atoms with E-state index in [1.54, 1.807) is 24.3 Å². The number of aliphatic hydroxyl groups is 1. The van der Waals surface area contributed by atoms with Crippen LogP contribution in [-0.2, 0) is 16.1 Å². The number of halogens is 1. The Balaban J connectivity index is 1.84. The molecule has 4 rings (SSSR count). The van der Waals surface area contributed by atoms with Crippen LogP contribution in [0.1, 0.15) is 22.7 Å². The van der Waals surface area contributed by atoms with Gasteiger partial charge in [-0.05, 0) is 47.5 Å². The molecule has 6 heteroatoms. The van der Waals surface area contributed by atoms with Gasteiger partial charge in [-0.15, -0.1) is 0 Å². The van der Waals surface area contributed by atoms with Crippen molar-refractivity contribution in [2.24, 2.45) is 0 Å². The molecule has 1 unspecified atom stereocenters. The van der Waals surface area contributed by atoms with Crippen molar-refractivity contribution < 1.29 is 14.7 Å². The number of hydrogen-bond acceptors (Lipinski definition) is 4. The van der Waals surface area contributed by atoms with Crippen LogP contribution in [-0.4, -0.2) is 35.8 Å². The number of amides is 1. The fourth-order valence-corrected chi connectivity index (χ4v) is 4.01. The summed E-state index contributed by atoms with van der Waals surface area (Å²) >= 11 is 5.98. The first-order valence-corrected chi connectivity index (χ1v) is 10.6. The summed E-state index contributed by atoms with van der Waals surface area (Å²) in [7, 11) is 3.88. The Labute approximate surface area is 192 Å². The van der Waals surface area contributed by atoms with Crippen LogP contribution in [0.3, 0.4) is 0 Å². The van der Waals surface area contributed by atoms with Crippen molar-refractivity contribution in [3.05, 3.63) is 106 Å². The fourth-order valence-electron chi connectivity index (χ4n) is 3.89. The van der Waals surface area contributed by atoms with Gasteiger partial charge in [0.2, 0.25) is 0 Å². The number of benzene rings is 3. The molecule has 0 spiro atoms. The van der Waals surface area contributed by atoms with Crippen LogP contribution in [0.25, 0.3) is 5.76 Å². The molecule has 1 atom stereocenters. The predicted octanol–water partition coefficient (Wildman–Crippen LogP) is 5.03. The Morgan fingerprint density at radius 3 is 2.16 bits per heavy atom. The second-order valence-electron chi connectivity index (χ2n) is 7.91. The van der Waals surface area contributed by atoms with E-state index >= 15 is 0 Å². The molecule has 32 heavy (non-hydrogen) atoms. The van der Waals surface area contributed by atoms with Crippen LogP contribution in [0, 0.1) is 0 Å². The largest absolute Gasteiger partial charge is 0.507 e. The molecule has 1 N–H and O–H groups in total. The third-order valence-electron chi connectivity index (χ3n) is 5.58. The Kier molecular flexibility index (Phi) is 6.01. The summed E-state index contributed by atoms with van der Waals surface area (Å²) in [6.07, 6.45) is 0. The van der Waals surface area contributed by atoms with E-state index in [2.05, 4.69) is 0 Å². The van der Waals surface area contributed by atoms with Crippen molar-refractivity contribution in [3.63, 3.8) is 0 Å². The van der Waals surface area contributed by atoms with E-state index in [0.29, 0.717) is 10.6 Å². The lowest BCUT2D eigenvalue weighted by molar-refractivity contribution is -0.140. The van der Waals surface area contributed by atoms with E-state index in [1.165, 1.54) is 4.90 Å². The molecule has 0 aromatic heterocycles. The molecule has 1 fully saturated rings. The summed E-state index contributed by atoms with van der Waals surface area (Å²) in [6, 6.07) is 23.0. The molecule has 3 aromatic rings. The molecule has 1 saturated heterocycles.